The van der Waals surface area contributed by atoms with Gasteiger partial charge in [0.2, 0.25) is 0 Å². The molecule has 1 heterocycles. The van der Waals surface area contributed by atoms with E-state index in [1.54, 1.807) is 12.1 Å². The lowest BCUT2D eigenvalue weighted by Crippen LogP contribution is -2.01. The van der Waals surface area contributed by atoms with Gasteiger partial charge in [-0.25, -0.2) is 9.07 Å². The van der Waals surface area contributed by atoms with Crippen LogP contribution in [0.4, 0.5) is 10.2 Å². The number of para-hydroxylation sites is 1. The zero-order chi connectivity index (χ0) is 14.8. The molecule has 102 valence electrons. The van der Waals surface area contributed by atoms with Crippen LogP contribution in [0.3, 0.4) is 0 Å². The summed E-state index contributed by atoms with van der Waals surface area (Å²) in [7, 11) is 0. The van der Waals surface area contributed by atoms with Gasteiger partial charge in [-0.3, -0.25) is 0 Å². The quantitative estimate of drug-likeness (QED) is 0.783. The van der Waals surface area contributed by atoms with Crippen LogP contribution in [0.2, 0.25) is 0 Å². The third-order valence-corrected chi connectivity index (χ3v) is 3.15. The first kappa shape index (κ1) is 12.9. The van der Waals surface area contributed by atoms with Crippen LogP contribution in [0.5, 0.6) is 0 Å². The molecule has 2 N–H and O–H groups in total. The molecule has 0 unspecified atom stereocenters. The van der Waals surface area contributed by atoms with E-state index in [-0.39, 0.29) is 17.2 Å². The van der Waals surface area contributed by atoms with Crippen LogP contribution in [0.25, 0.3) is 16.9 Å². The van der Waals surface area contributed by atoms with Gasteiger partial charge in [0.15, 0.2) is 0 Å². The minimum atomic E-state index is -0.340. The van der Waals surface area contributed by atoms with Crippen LogP contribution in [0.1, 0.15) is 5.56 Å². The molecule has 0 radical (unpaired) electrons. The third-order valence-electron chi connectivity index (χ3n) is 3.15. The van der Waals surface area contributed by atoms with E-state index in [1.165, 1.54) is 16.8 Å². The number of aromatic nitrogens is 2. The molecule has 21 heavy (non-hydrogen) atoms. The van der Waals surface area contributed by atoms with Gasteiger partial charge < -0.3 is 5.73 Å². The Kier molecular flexibility index (Phi) is 3.13. The number of rotatable bonds is 2. The van der Waals surface area contributed by atoms with Gasteiger partial charge in [-0.15, -0.1) is 0 Å². The fraction of sp³-hybridized carbons (Fsp3) is 0. The van der Waals surface area contributed by atoms with Gasteiger partial charge in [-0.1, -0.05) is 18.2 Å². The molecule has 0 saturated heterocycles. The molecule has 0 saturated carbocycles. The van der Waals surface area contributed by atoms with Gasteiger partial charge in [0.25, 0.3) is 0 Å². The number of hydrogen-bond acceptors (Lipinski definition) is 3. The average Bonchev–Trinajstić information content (AvgIpc) is 2.85. The number of anilines is 1. The number of nitriles is 1. The highest BCUT2D eigenvalue weighted by molar-refractivity contribution is 5.73. The van der Waals surface area contributed by atoms with E-state index in [9.17, 15) is 9.65 Å². The molecule has 0 aliphatic carbocycles. The first-order valence-electron chi connectivity index (χ1n) is 6.30. The summed E-state index contributed by atoms with van der Waals surface area (Å²) in [5.41, 5.74) is 8.16. The van der Waals surface area contributed by atoms with Gasteiger partial charge in [-0.05, 0) is 36.4 Å². The van der Waals surface area contributed by atoms with Gasteiger partial charge in [0.05, 0.1) is 5.69 Å². The van der Waals surface area contributed by atoms with Crippen molar-refractivity contribution >= 4 is 5.82 Å². The molecule has 4 nitrogen and oxygen atoms in total. The first-order chi connectivity index (χ1) is 10.2. The Bertz CT molecular complexity index is 814. The summed E-state index contributed by atoms with van der Waals surface area (Å²) in [4.78, 5) is 0. The smallest absolute Gasteiger partial charge is 0.145 e. The van der Waals surface area contributed by atoms with Crippen LogP contribution in [-0.2, 0) is 0 Å². The lowest BCUT2D eigenvalue weighted by Gasteiger charge is -2.02. The van der Waals surface area contributed by atoms with Gasteiger partial charge in [-0.2, -0.15) is 10.4 Å². The summed E-state index contributed by atoms with van der Waals surface area (Å²) in [5, 5.41) is 13.7. The third kappa shape index (κ3) is 2.23. The molecule has 3 rings (SSSR count). The molecular weight excluding hydrogens is 267 g/mol. The molecule has 1 aromatic heterocycles. The number of hydrogen-bond donors (Lipinski definition) is 1. The maximum atomic E-state index is 13.0. The first-order valence-corrected chi connectivity index (χ1v) is 6.30. The molecule has 0 bridgehead atoms. The topological polar surface area (TPSA) is 67.6 Å². The number of benzene rings is 2. The Morgan fingerprint density at radius 1 is 1.05 bits per heavy atom. The van der Waals surface area contributed by atoms with Crippen LogP contribution in [-0.4, -0.2) is 9.78 Å². The Morgan fingerprint density at radius 2 is 1.71 bits per heavy atom. The Hall–Kier alpha value is -3.13. The van der Waals surface area contributed by atoms with E-state index in [0.717, 1.165) is 5.69 Å². The summed E-state index contributed by atoms with van der Waals surface area (Å²) in [6, 6.07) is 17.2. The van der Waals surface area contributed by atoms with Gasteiger partial charge in [0, 0.05) is 5.56 Å². The lowest BCUT2D eigenvalue weighted by molar-refractivity contribution is 0.628. The van der Waals surface area contributed by atoms with E-state index in [2.05, 4.69) is 11.2 Å². The van der Waals surface area contributed by atoms with Crippen molar-refractivity contribution in [1.29, 1.82) is 5.26 Å². The average molecular weight is 278 g/mol. The number of nitrogens with zero attached hydrogens (tertiary/aromatic N) is 3. The van der Waals surface area contributed by atoms with E-state index in [4.69, 9.17) is 5.73 Å². The van der Waals surface area contributed by atoms with Crippen molar-refractivity contribution < 1.29 is 4.39 Å². The summed E-state index contributed by atoms with van der Waals surface area (Å²) in [5.74, 6) is -0.0734. The van der Waals surface area contributed by atoms with Crippen LogP contribution >= 0.6 is 0 Å². The molecule has 0 amide bonds. The molecule has 0 spiro atoms. The molecule has 0 aliphatic heterocycles. The molecule has 0 atom stereocenters. The largest absolute Gasteiger partial charge is 0.382 e. The van der Waals surface area contributed by atoms with Crippen molar-refractivity contribution in [2.75, 3.05) is 5.73 Å². The summed E-state index contributed by atoms with van der Waals surface area (Å²) in [6.07, 6.45) is 0. The fourth-order valence-corrected chi connectivity index (χ4v) is 2.12. The van der Waals surface area contributed by atoms with Gasteiger partial charge >= 0.3 is 0 Å². The SMILES string of the molecule is N#Cc1c(-c2ccc(F)cc2)nn(-c2ccccc2)c1N. The summed E-state index contributed by atoms with van der Waals surface area (Å²) < 4.78 is 14.5. The second kappa shape index (κ2) is 5.10. The Balaban J connectivity index is 2.19. The molecule has 5 heteroatoms. The molecule has 0 fully saturated rings. The molecular formula is C16H11FN4. The minimum Gasteiger partial charge on any atom is -0.382 e. The zero-order valence-corrected chi connectivity index (χ0v) is 11.0. The molecule has 2 aromatic carbocycles. The summed E-state index contributed by atoms with van der Waals surface area (Å²) in [6.45, 7) is 0. The lowest BCUT2D eigenvalue weighted by atomic mass is 10.1. The summed E-state index contributed by atoms with van der Waals surface area (Å²) >= 11 is 0. The second-order valence-corrected chi connectivity index (χ2v) is 4.47. The van der Waals surface area contributed by atoms with Crippen LogP contribution < -0.4 is 5.73 Å². The number of nitrogens with two attached hydrogens (primary N) is 1. The Labute approximate surface area is 120 Å². The predicted octanol–water partition coefficient (Wildman–Crippen LogP) is 3.13. The van der Waals surface area contributed by atoms with E-state index in [1.807, 2.05) is 30.3 Å². The maximum absolute atomic E-state index is 13.0. The monoisotopic (exact) mass is 278 g/mol. The highest BCUT2D eigenvalue weighted by Gasteiger charge is 2.17. The molecule has 0 aliphatic rings. The van der Waals surface area contributed by atoms with Crippen molar-refractivity contribution in [2.24, 2.45) is 0 Å². The second-order valence-electron chi connectivity index (χ2n) is 4.47. The van der Waals surface area contributed by atoms with Crippen molar-refractivity contribution in [3.63, 3.8) is 0 Å². The predicted molar refractivity (Wildman–Crippen MR) is 78.1 cm³/mol. The standard InChI is InChI=1S/C16H11FN4/c17-12-8-6-11(7-9-12)15-14(10-18)16(19)21(20-15)13-4-2-1-3-5-13/h1-9H,19H2. The van der Waals surface area contributed by atoms with E-state index < -0.39 is 0 Å². The van der Waals surface area contributed by atoms with Gasteiger partial charge in [0.1, 0.15) is 29.0 Å². The van der Waals surface area contributed by atoms with Crippen molar-refractivity contribution in [2.45, 2.75) is 0 Å². The normalized spacial score (nSPS) is 10.3. The Morgan fingerprint density at radius 3 is 2.33 bits per heavy atom. The number of halogens is 1. The highest BCUT2D eigenvalue weighted by Crippen LogP contribution is 2.28. The van der Waals surface area contributed by atoms with Crippen molar-refractivity contribution in [3.8, 4) is 23.0 Å². The number of nitrogen functional groups attached to an aromatic ring is 1. The highest BCUT2D eigenvalue weighted by atomic mass is 19.1. The molecule has 3 aromatic rings. The van der Waals surface area contributed by atoms with Crippen molar-refractivity contribution in [3.05, 3.63) is 66.0 Å². The van der Waals surface area contributed by atoms with E-state index >= 15 is 0 Å². The zero-order valence-electron chi connectivity index (χ0n) is 11.0. The maximum Gasteiger partial charge on any atom is 0.145 e. The fourth-order valence-electron chi connectivity index (χ4n) is 2.12. The van der Waals surface area contributed by atoms with Crippen LogP contribution in [0, 0.1) is 17.1 Å². The van der Waals surface area contributed by atoms with Crippen LogP contribution in [0.15, 0.2) is 54.6 Å². The minimum absolute atomic E-state index is 0.267. The van der Waals surface area contributed by atoms with E-state index in [0.29, 0.717) is 11.3 Å². The van der Waals surface area contributed by atoms with Crippen molar-refractivity contribution in [1.82, 2.24) is 9.78 Å².